The molecule has 2 aliphatic heterocycles. The Hall–Kier alpha value is -2.93. The summed E-state index contributed by atoms with van der Waals surface area (Å²) in [5, 5.41) is 9.24. The van der Waals surface area contributed by atoms with E-state index in [0.717, 1.165) is 60.4 Å². The number of pyridine rings is 1. The Kier molecular flexibility index (Phi) is 4.89. The van der Waals surface area contributed by atoms with Crippen LogP contribution in [0.1, 0.15) is 37.0 Å². The molecule has 3 aromatic rings. The van der Waals surface area contributed by atoms with Gasteiger partial charge in [0.1, 0.15) is 6.10 Å². The molecular formula is C22H25N5O2. The third kappa shape index (κ3) is 3.46. The molecule has 1 fully saturated rings. The summed E-state index contributed by atoms with van der Waals surface area (Å²) >= 11 is 0. The number of ether oxygens (including phenoxy) is 2. The van der Waals surface area contributed by atoms with Crippen LogP contribution >= 0.6 is 0 Å². The molecule has 0 spiro atoms. The number of hydrogen-bond donors (Lipinski definition) is 1. The monoisotopic (exact) mass is 391 g/mol. The molecule has 29 heavy (non-hydrogen) atoms. The minimum Gasteiger partial charge on any atom is -0.467 e. The maximum Gasteiger partial charge on any atom is 0.220 e. The van der Waals surface area contributed by atoms with E-state index in [2.05, 4.69) is 34.5 Å². The first-order valence-electron chi connectivity index (χ1n) is 10.3. The van der Waals surface area contributed by atoms with Crippen molar-refractivity contribution in [3.63, 3.8) is 0 Å². The molecule has 150 valence electrons. The molecule has 1 aromatic carbocycles. The second-order valence-corrected chi connectivity index (χ2v) is 7.44. The minimum absolute atomic E-state index is 0.0591. The van der Waals surface area contributed by atoms with E-state index in [1.54, 1.807) is 0 Å². The molecule has 1 saturated heterocycles. The minimum atomic E-state index is -0.0591. The van der Waals surface area contributed by atoms with Crippen LogP contribution in [0.5, 0.6) is 0 Å². The fourth-order valence-corrected chi connectivity index (χ4v) is 3.99. The third-order valence-corrected chi connectivity index (χ3v) is 5.59. The highest BCUT2D eigenvalue weighted by atomic mass is 16.5. The summed E-state index contributed by atoms with van der Waals surface area (Å²) in [4.78, 5) is 9.40. The zero-order valence-corrected chi connectivity index (χ0v) is 16.5. The molecule has 0 amide bonds. The molecule has 7 nitrogen and oxygen atoms in total. The maximum absolute atomic E-state index is 6.26. The molecule has 0 saturated carbocycles. The molecule has 0 aliphatic carbocycles. The molecule has 2 aromatic heterocycles. The first kappa shape index (κ1) is 18.1. The number of nitrogens with zero attached hydrogens (tertiary/aromatic N) is 4. The largest absolute Gasteiger partial charge is 0.467 e. The summed E-state index contributed by atoms with van der Waals surface area (Å²) in [5.74, 6) is 0.645. The van der Waals surface area contributed by atoms with E-state index in [1.165, 1.54) is 0 Å². The van der Waals surface area contributed by atoms with Gasteiger partial charge in [0.05, 0.1) is 29.4 Å². The molecule has 5 rings (SSSR count). The predicted molar refractivity (Wildman–Crippen MR) is 112 cm³/mol. The number of aliphatic imine (C=N–C) groups is 1. The lowest BCUT2D eigenvalue weighted by Crippen LogP contribution is -2.28. The van der Waals surface area contributed by atoms with Crippen LogP contribution in [0.15, 0.2) is 47.7 Å². The predicted octanol–water partition coefficient (Wildman–Crippen LogP) is 3.56. The van der Waals surface area contributed by atoms with Crippen molar-refractivity contribution in [1.29, 1.82) is 0 Å². The zero-order valence-electron chi connectivity index (χ0n) is 16.5. The molecule has 1 atom stereocenters. The van der Waals surface area contributed by atoms with E-state index in [-0.39, 0.29) is 6.10 Å². The number of benzene rings is 1. The summed E-state index contributed by atoms with van der Waals surface area (Å²) < 4.78 is 13.7. The first-order valence-corrected chi connectivity index (χ1v) is 10.3. The SMILES string of the molecule is CCn1ncc2c(NC3CCOCC3)c(C3=NC[C@H](c4ccccc4)O3)cnc21. The van der Waals surface area contributed by atoms with Gasteiger partial charge in [-0.3, -0.25) is 0 Å². The standard InChI is InChI=1S/C22H25N5O2/c1-2-27-21-17(13-25-27)20(26-16-8-10-28-11-9-16)18(12-23-21)22-24-14-19(29-22)15-6-4-3-5-7-15/h3-7,12-13,16,19H,2,8-11,14H2,1H3,(H,23,26)/t19-/m1/s1. The van der Waals surface area contributed by atoms with Crippen molar-refractivity contribution in [1.82, 2.24) is 14.8 Å². The second kappa shape index (κ2) is 7.83. The van der Waals surface area contributed by atoms with Crippen LogP contribution in [0, 0.1) is 0 Å². The van der Waals surface area contributed by atoms with Crippen molar-refractivity contribution in [2.24, 2.45) is 4.99 Å². The highest BCUT2D eigenvalue weighted by Gasteiger charge is 2.27. The van der Waals surface area contributed by atoms with Gasteiger partial charge in [0.25, 0.3) is 0 Å². The van der Waals surface area contributed by atoms with Crippen molar-refractivity contribution in [3.05, 3.63) is 53.9 Å². The molecule has 2 aliphatic rings. The number of rotatable bonds is 5. The van der Waals surface area contributed by atoms with Crippen molar-refractivity contribution in [2.45, 2.75) is 38.5 Å². The van der Waals surface area contributed by atoms with Crippen LogP contribution in [0.2, 0.25) is 0 Å². The van der Waals surface area contributed by atoms with E-state index in [4.69, 9.17) is 14.5 Å². The molecule has 0 unspecified atom stereocenters. The number of nitrogens with one attached hydrogen (secondary N) is 1. The van der Waals surface area contributed by atoms with Crippen molar-refractivity contribution in [2.75, 3.05) is 25.1 Å². The third-order valence-electron chi connectivity index (χ3n) is 5.59. The lowest BCUT2D eigenvalue weighted by molar-refractivity contribution is 0.0905. The maximum atomic E-state index is 6.26. The van der Waals surface area contributed by atoms with Gasteiger partial charge in [-0.1, -0.05) is 30.3 Å². The Labute approximate surface area is 169 Å². The van der Waals surface area contributed by atoms with E-state index < -0.39 is 0 Å². The average molecular weight is 391 g/mol. The van der Waals surface area contributed by atoms with E-state index in [0.29, 0.717) is 18.5 Å². The Morgan fingerprint density at radius 3 is 2.76 bits per heavy atom. The highest BCUT2D eigenvalue weighted by molar-refractivity contribution is 6.07. The Morgan fingerprint density at radius 1 is 1.14 bits per heavy atom. The van der Waals surface area contributed by atoms with Gasteiger partial charge in [-0.15, -0.1) is 0 Å². The number of fused-ring (bicyclic) bond motifs is 1. The Bertz CT molecular complexity index is 1020. The van der Waals surface area contributed by atoms with Gasteiger partial charge in [0.2, 0.25) is 5.90 Å². The van der Waals surface area contributed by atoms with E-state index in [9.17, 15) is 0 Å². The smallest absolute Gasteiger partial charge is 0.220 e. The van der Waals surface area contributed by atoms with E-state index in [1.807, 2.05) is 35.3 Å². The van der Waals surface area contributed by atoms with Gasteiger partial charge in [-0.05, 0) is 25.3 Å². The van der Waals surface area contributed by atoms with Crippen molar-refractivity contribution < 1.29 is 9.47 Å². The summed E-state index contributed by atoms with van der Waals surface area (Å²) in [6, 6.07) is 10.6. The summed E-state index contributed by atoms with van der Waals surface area (Å²) in [6.45, 7) is 5.02. The number of aromatic nitrogens is 3. The van der Waals surface area contributed by atoms with Gasteiger partial charge in [-0.25, -0.2) is 14.7 Å². The summed E-state index contributed by atoms with van der Waals surface area (Å²) in [5.41, 5.74) is 3.93. The quantitative estimate of drug-likeness (QED) is 0.720. The van der Waals surface area contributed by atoms with Crippen LogP contribution in [0.3, 0.4) is 0 Å². The zero-order chi connectivity index (χ0) is 19.6. The lowest BCUT2D eigenvalue weighted by Gasteiger charge is -2.25. The van der Waals surface area contributed by atoms with Gasteiger partial charge in [-0.2, -0.15) is 5.10 Å². The summed E-state index contributed by atoms with van der Waals surface area (Å²) in [6.07, 6.45) is 5.65. The first-order chi connectivity index (χ1) is 14.3. The van der Waals surface area contributed by atoms with Gasteiger partial charge >= 0.3 is 0 Å². The number of hydrogen-bond acceptors (Lipinski definition) is 6. The number of aryl methyl sites for hydroxylation is 1. The van der Waals surface area contributed by atoms with Gasteiger partial charge in [0.15, 0.2) is 5.65 Å². The van der Waals surface area contributed by atoms with Crippen LogP contribution in [0.25, 0.3) is 11.0 Å². The molecular weight excluding hydrogens is 366 g/mol. The van der Waals surface area contributed by atoms with Gasteiger partial charge in [0, 0.05) is 32.0 Å². The average Bonchev–Trinajstić information content (AvgIpc) is 3.43. The normalized spacial score (nSPS) is 19.9. The fourth-order valence-electron chi connectivity index (χ4n) is 3.99. The topological polar surface area (TPSA) is 73.6 Å². The number of anilines is 1. The van der Waals surface area contributed by atoms with Crippen LogP contribution < -0.4 is 5.32 Å². The van der Waals surface area contributed by atoms with Crippen molar-refractivity contribution in [3.8, 4) is 0 Å². The Balaban J connectivity index is 1.50. The second-order valence-electron chi connectivity index (χ2n) is 7.44. The molecule has 1 N–H and O–H groups in total. The highest BCUT2D eigenvalue weighted by Crippen LogP contribution is 2.32. The molecule has 0 bridgehead atoms. The van der Waals surface area contributed by atoms with Crippen molar-refractivity contribution >= 4 is 22.6 Å². The summed E-state index contributed by atoms with van der Waals surface area (Å²) in [7, 11) is 0. The van der Waals surface area contributed by atoms with Crippen LogP contribution in [-0.4, -0.2) is 46.5 Å². The fraction of sp³-hybridized carbons (Fsp3) is 0.409. The van der Waals surface area contributed by atoms with E-state index >= 15 is 0 Å². The molecule has 4 heterocycles. The Morgan fingerprint density at radius 2 is 1.97 bits per heavy atom. The molecule has 0 radical (unpaired) electrons. The van der Waals surface area contributed by atoms with Crippen LogP contribution in [-0.2, 0) is 16.0 Å². The lowest BCUT2D eigenvalue weighted by atomic mass is 10.1. The molecule has 7 heteroatoms. The van der Waals surface area contributed by atoms with Crippen LogP contribution in [0.4, 0.5) is 5.69 Å². The van der Waals surface area contributed by atoms with Gasteiger partial charge < -0.3 is 14.8 Å².